The fourth-order valence-electron chi connectivity index (χ4n) is 2.02. The predicted molar refractivity (Wildman–Crippen MR) is 58.0 cm³/mol. The van der Waals surface area contributed by atoms with Gasteiger partial charge in [-0.1, -0.05) is 32.6 Å². The van der Waals surface area contributed by atoms with Crippen molar-refractivity contribution in [2.24, 2.45) is 0 Å². The summed E-state index contributed by atoms with van der Waals surface area (Å²) in [5.41, 5.74) is 0. The molecule has 2 heteroatoms. The van der Waals surface area contributed by atoms with E-state index < -0.39 is 0 Å². The van der Waals surface area contributed by atoms with Gasteiger partial charge in [0, 0.05) is 19.1 Å². The highest BCUT2D eigenvalue weighted by Crippen LogP contribution is 2.16. The van der Waals surface area contributed by atoms with E-state index in [9.17, 15) is 0 Å². The molecule has 0 aliphatic heterocycles. The summed E-state index contributed by atoms with van der Waals surface area (Å²) in [5, 5.41) is 6.97. The summed E-state index contributed by atoms with van der Waals surface area (Å²) in [5.74, 6) is 0. The van der Waals surface area contributed by atoms with Gasteiger partial charge in [-0.05, 0) is 19.4 Å². The van der Waals surface area contributed by atoms with Crippen molar-refractivity contribution < 1.29 is 0 Å². The van der Waals surface area contributed by atoms with Crippen LogP contribution in [-0.2, 0) is 0 Å². The first-order valence-electron chi connectivity index (χ1n) is 5.87. The summed E-state index contributed by atoms with van der Waals surface area (Å²) in [4.78, 5) is 0. The standard InChI is InChI=1S/C11H24N2/c1-2-12-9-10-13-11-7-5-3-4-6-8-11/h11-13H,2-10H2,1H3. The lowest BCUT2D eigenvalue weighted by Gasteiger charge is -2.15. The van der Waals surface area contributed by atoms with Gasteiger partial charge < -0.3 is 10.6 Å². The summed E-state index contributed by atoms with van der Waals surface area (Å²) in [6.45, 7) is 5.50. The molecule has 1 fully saturated rings. The van der Waals surface area contributed by atoms with E-state index in [2.05, 4.69) is 17.6 Å². The molecule has 0 unspecified atom stereocenters. The Morgan fingerprint density at radius 2 is 1.69 bits per heavy atom. The molecular formula is C11H24N2. The van der Waals surface area contributed by atoms with E-state index >= 15 is 0 Å². The van der Waals surface area contributed by atoms with Gasteiger partial charge in [-0.15, -0.1) is 0 Å². The Balaban J connectivity index is 1.98. The Hall–Kier alpha value is -0.0800. The van der Waals surface area contributed by atoms with Gasteiger partial charge in [0.05, 0.1) is 0 Å². The summed E-state index contributed by atoms with van der Waals surface area (Å²) in [6.07, 6.45) is 8.55. The van der Waals surface area contributed by atoms with Crippen molar-refractivity contribution >= 4 is 0 Å². The van der Waals surface area contributed by atoms with Gasteiger partial charge in [-0.3, -0.25) is 0 Å². The lowest BCUT2D eigenvalue weighted by Crippen LogP contribution is -2.34. The molecule has 0 amide bonds. The third-order valence-corrected chi connectivity index (χ3v) is 2.84. The normalized spacial score (nSPS) is 20.1. The first-order valence-corrected chi connectivity index (χ1v) is 5.87. The fraction of sp³-hybridized carbons (Fsp3) is 1.00. The number of hydrogen-bond donors (Lipinski definition) is 2. The average molecular weight is 184 g/mol. The van der Waals surface area contributed by atoms with Gasteiger partial charge in [0.2, 0.25) is 0 Å². The Kier molecular flexibility index (Phi) is 6.21. The highest BCUT2D eigenvalue weighted by molar-refractivity contribution is 4.70. The lowest BCUT2D eigenvalue weighted by molar-refractivity contribution is 0.456. The predicted octanol–water partition coefficient (Wildman–Crippen LogP) is 1.91. The molecule has 1 aliphatic rings. The average Bonchev–Trinajstić information content (AvgIpc) is 2.41. The van der Waals surface area contributed by atoms with E-state index in [1.54, 1.807) is 0 Å². The minimum absolute atomic E-state index is 0.807. The molecule has 0 spiro atoms. The second kappa shape index (κ2) is 7.34. The van der Waals surface area contributed by atoms with Gasteiger partial charge in [-0.2, -0.15) is 0 Å². The summed E-state index contributed by atoms with van der Waals surface area (Å²) in [7, 11) is 0. The van der Waals surface area contributed by atoms with Crippen molar-refractivity contribution in [2.75, 3.05) is 19.6 Å². The Bertz CT molecular complexity index is 107. The smallest absolute Gasteiger partial charge is 0.00793 e. The lowest BCUT2D eigenvalue weighted by atomic mass is 10.1. The topological polar surface area (TPSA) is 24.1 Å². The molecule has 0 aromatic carbocycles. The molecule has 0 heterocycles. The molecule has 1 aliphatic carbocycles. The van der Waals surface area contributed by atoms with Gasteiger partial charge in [0.1, 0.15) is 0 Å². The van der Waals surface area contributed by atoms with Gasteiger partial charge in [-0.25, -0.2) is 0 Å². The Morgan fingerprint density at radius 3 is 2.31 bits per heavy atom. The van der Waals surface area contributed by atoms with Crippen molar-refractivity contribution in [3.63, 3.8) is 0 Å². The molecule has 1 rings (SSSR count). The maximum atomic E-state index is 3.63. The second-order valence-corrected chi connectivity index (χ2v) is 4.00. The molecule has 0 atom stereocenters. The zero-order chi connectivity index (χ0) is 9.36. The van der Waals surface area contributed by atoms with Crippen LogP contribution in [0, 0.1) is 0 Å². The molecule has 0 bridgehead atoms. The van der Waals surface area contributed by atoms with E-state index in [0.29, 0.717) is 0 Å². The van der Waals surface area contributed by atoms with Crippen molar-refractivity contribution in [3.05, 3.63) is 0 Å². The number of nitrogens with one attached hydrogen (secondary N) is 2. The SMILES string of the molecule is CCNCCNC1CCCCCC1. The first kappa shape index (κ1) is 11.0. The van der Waals surface area contributed by atoms with Crippen LogP contribution in [0.3, 0.4) is 0 Å². The molecule has 13 heavy (non-hydrogen) atoms. The van der Waals surface area contributed by atoms with Crippen molar-refractivity contribution in [2.45, 2.75) is 51.5 Å². The first-order chi connectivity index (χ1) is 6.43. The fourth-order valence-corrected chi connectivity index (χ4v) is 2.02. The molecule has 78 valence electrons. The van der Waals surface area contributed by atoms with E-state index in [4.69, 9.17) is 0 Å². The minimum Gasteiger partial charge on any atom is -0.316 e. The second-order valence-electron chi connectivity index (χ2n) is 4.00. The Labute approximate surface area is 82.5 Å². The van der Waals surface area contributed by atoms with E-state index in [1.165, 1.54) is 38.5 Å². The molecule has 1 saturated carbocycles. The molecule has 2 N–H and O–H groups in total. The molecule has 0 saturated heterocycles. The van der Waals surface area contributed by atoms with Crippen LogP contribution in [0.15, 0.2) is 0 Å². The van der Waals surface area contributed by atoms with Crippen molar-refractivity contribution in [3.8, 4) is 0 Å². The van der Waals surface area contributed by atoms with E-state index in [-0.39, 0.29) is 0 Å². The van der Waals surface area contributed by atoms with E-state index in [1.807, 2.05) is 0 Å². The quantitative estimate of drug-likeness (QED) is 0.504. The van der Waals surface area contributed by atoms with Gasteiger partial charge >= 0.3 is 0 Å². The Morgan fingerprint density at radius 1 is 1.00 bits per heavy atom. The summed E-state index contributed by atoms with van der Waals surface area (Å²) in [6, 6.07) is 0.807. The molecular weight excluding hydrogens is 160 g/mol. The van der Waals surface area contributed by atoms with E-state index in [0.717, 1.165) is 25.7 Å². The van der Waals surface area contributed by atoms with Crippen LogP contribution >= 0.6 is 0 Å². The third kappa shape index (κ3) is 5.27. The van der Waals surface area contributed by atoms with Crippen LogP contribution in [0.5, 0.6) is 0 Å². The maximum absolute atomic E-state index is 3.63. The maximum Gasteiger partial charge on any atom is 0.00793 e. The number of hydrogen-bond acceptors (Lipinski definition) is 2. The summed E-state index contributed by atoms with van der Waals surface area (Å²) < 4.78 is 0. The van der Waals surface area contributed by atoms with Gasteiger partial charge in [0.25, 0.3) is 0 Å². The highest BCUT2D eigenvalue weighted by atomic mass is 15.0. The number of likely N-dealkylation sites (N-methyl/N-ethyl adjacent to an activating group) is 1. The van der Waals surface area contributed by atoms with Crippen LogP contribution < -0.4 is 10.6 Å². The molecule has 2 nitrogen and oxygen atoms in total. The van der Waals surface area contributed by atoms with Crippen molar-refractivity contribution in [1.29, 1.82) is 0 Å². The minimum atomic E-state index is 0.807. The van der Waals surface area contributed by atoms with Crippen LogP contribution in [0.1, 0.15) is 45.4 Å². The molecule has 0 radical (unpaired) electrons. The summed E-state index contributed by atoms with van der Waals surface area (Å²) >= 11 is 0. The van der Waals surface area contributed by atoms with Crippen LogP contribution in [0.2, 0.25) is 0 Å². The third-order valence-electron chi connectivity index (χ3n) is 2.84. The molecule has 0 aromatic rings. The highest BCUT2D eigenvalue weighted by Gasteiger charge is 2.10. The zero-order valence-electron chi connectivity index (χ0n) is 8.94. The van der Waals surface area contributed by atoms with Crippen LogP contribution in [-0.4, -0.2) is 25.7 Å². The van der Waals surface area contributed by atoms with Crippen LogP contribution in [0.25, 0.3) is 0 Å². The van der Waals surface area contributed by atoms with Crippen molar-refractivity contribution in [1.82, 2.24) is 10.6 Å². The zero-order valence-corrected chi connectivity index (χ0v) is 8.94. The monoisotopic (exact) mass is 184 g/mol. The largest absolute Gasteiger partial charge is 0.316 e. The number of rotatable bonds is 5. The van der Waals surface area contributed by atoms with Gasteiger partial charge in [0.15, 0.2) is 0 Å². The van der Waals surface area contributed by atoms with Crippen LogP contribution in [0.4, 0.5) is 0 Å². The molecule has 0 aromatic heterocycles.